The smallest absolute Gasteiger partial charge is 0.123 e. The fourth-order valence-corrected chi connectivity index (χ4v) is 3.69. The number of pyridine rings is 1. The SMILES string of the molecule is N[C@H]1CC[C@@H](c2[nH]nc(-c3ccc(F)cc3)c2-c2ccncc2)CC1. The van der Waals surface area contributed by atoms with Gasteiger partial charge in [-0.2, -0.15) is 5.10 Å². The Labute approximate surface area is 146 Å². The van der Waals surface area contributed by atoms with Crippen molar-refractivity contribution in [3.8, 4) is 22.4 Å². The zero-order valence-electron chi connectivity index (χ0n) is 14.0. The van der Waals surface area contributed by atoms with Crippen molar-refractivity contribution in [1.29, 1.82) is 0 Å². The molecule has 0 unspecified atom stereocenters. The minimum atomic E-state index is -0.244. The summed E-state index contributed by atoms with van der Waals surface area (Å²) >= 11 is 0. The summed E-state index contributed by atoms with van der Waals surface area (Å²) in [5.41, 5.74) is 11.1. The summed E-state index contributed by atoms with van der Waals surface area (Å²) in [5, 5.41) is 7.85. The molecule has 0 amide bonds. The number of aromatic amines is 1. The fraction of sp³-hybridized carbons (Fsp3) is 0.300. The zero-order valence-corrected chi connectivity index (χ0v) is 14.0. The number of nitrogens with one attached hydrogen (secondary N) is 1. The Morgan fingerprint density at radius 2 is 1.60 bits per heavy atom. The molecule has 0 atom stereocenters. The van der Waals surface area contributed by atoms with Crippen molar-refractivity contribution in [3.05, 3.63) is 60.3 Å². The number of hydrogen-bond donors (Lipinski definition) is 2. The quantitative estimate of drug-likeness (QED) is 0.751. The Morgan fingerprint density at radius 1 is 0.920 bits per heavy atom. The van der Waals surface area contributed by atoms with Crippen LogP contribution in [-0.2, 0) is 0 Å². The average Bonchev–Trinajstić information content (AvgIpc) is 3.09. The third-order valence-corrected chi connectivity index (χ3v) is 5.06. The first-order valence-corrected chi connectivity index (χ1v) is 8.72. The van der Waals surface area contributed by atoms with Gasteiger partial charge in [0.15, 0.2) is 0 Å². The van der Waals surface area contributed by atoms with E-state index in [1.54, 1.807) is 24.5 Å². The molecule has 2 aromatic heterocycles. The molecule has 4 nitrogen and oxygen atoms in total. The van der Waals surface area contributed by atoms with E-state index in [0.29, 0.717) is 12.0 Å². The number of H-pyrrole nitrogens is 1. The minimum Gasteiger partial charge on any atom is -0.328 e. The Kier molecular flexibility index (Phi) is 4.32. The van der Waals surface area contributed by atoms with E-state index >= 15 is 0 Å². The predicted octanol–water partition coefficient (Wildman–Crippen LogP) is 4.26. The molecule has 1 saturated carbocycles. The van der Waals surface area contributed by atoms with Crippen LogP contribution in [0.25, 0.3) is 22.4 Å². The van der Waals surface area contributed by atoms with Crippen LogP contribution in [0.5, 0.6) is 0 Å². The van der Waals surface area contributed by atoms with Gasteiger partial charge >= 0.3 is 0 Å². The Bertz CT molecular complexity index is 834. The van der Waals surface area contributed by atoms with Gasteiger partial charge in [0.1, 0.15) is 11.5 Å². The molecule has 0 radical (unpaired) electrons. The number of benzene rings is 1. The van der Waals surface area contributed by atoms with Gasteiger partial charge in [0.05, 0.1) is 0 Å². The van der Waals surface area contributed by atoms with Gasteiger partial charge in [0.2, 0.25) is 0 Å². The van der Waals surface area contributed by atoms with E-state index in [2.05, 4.69) is 15.2 Å². The minimum absolute atomic E-state index is 0.244. The predicted molar refractivity (Wildman–Crippen MR) is 96.4 cm³/mol. The molecule has 3 aromatic rings. The summed E-state index contributed by atoms with van der Waals surface area (Å²) in [6.45, 7) is 0. The molecule has 1 aliphatic carbocycles. The van der Waals surface area contributed by atoms with Crippen LogP contribution in [-0.4, -0.2) is 21.2 Å². The maximum absolute atomic E-state index is 13.3. The molecule has 0 spiro atoms. The van der Waals surface area contributed by atoms with Crippen molar-refractivity contribution in [2.24, 2.45) is 5.73 Å². The van der Waals surface area contributed by atoms with Gasteiger partial charge in [0.25, 0.3) is 0 Å². The molecule has 0 bridgehead atoms. The number of hydrogen-bond acceptors (Lipinski definition) is 3. The van der Waals surface area contributed by atoms with Crippen LogP contribution in [0.3, 0.4) is 0 Å². The summed E-state index contributed by atoms with van der Waals surface area (Å²) in [6, 6.07) is 10.8. The summed E-state index contributed by atoms with van der Waals surface area (Å²) in [4.78, 5) is 4.12. The van der Waals surface area contributed by atoms with E-state index in [4.69, 9.17) is 5.73 Å². The van der Waals surface area contributed by atoms with Crippen molar-refractivity contribution in [3.63, 3.8) is 0 Å². The number of nitrogens with two attached hydrogens (primary N) is 1. The molecule has 2 heterocycles. The number of nitrogens with zero attached hydrogens (tertiary/aromatic N) is 2. The van der Waals surface area contributed by atoms with E-state index in [1.165, 1.54) is 12.1 Å². The van der Waals surface area contributed by atoms with Crippen molar-refractivity contribution >= 4 is 0 Å². The van der Waals surface area contributed by atoms with Crippen LogP contribution >= 0.6 is 0 Å². The number of rotatable bonds is 3. The van der Waals surface area contributed by atoms with Crippen LogP contribution in [0.15, 0.2) is 48.8 Å². The normalized spacial score (nSPS) is 20.6. The number of aromatic nitrogens is 3. The molecule has 25 heavy (non-hydrogen) atoms. The van der Waals surface area contributed by atoms with Gasteiger partial charge < -0.3 is 5.73 Å². The summed E-state index contributed by atoms with van der Waals surface area (Å²) in [5.74, 6) is 0.177. The second-order valence-electron chi connectivity index (χ2n) is 6.72. The average molecular weight is 336 g/mol. The summed E-state index contributed by atoms with van der Waals surface area (Å²) in [6.07, 6.45) is 7.76. The van der Waals surface area contributed by atoms with Gasteiger partial charge in [-0.15, -0.1) is 0 Å². The highest BCUT2D eigenvalue weighted by molar-refractivity contribution is 5.82. The van der Waals surface area contributed by atoms with E-state index in [0.717, 1.165) is 53.8 Å². The first-order valence-electron chi connectivity index (χ1n) is 8.72. The first kappa shape index (κ1) is 16.0. The second-order valence-corrected chi connectivity index (χ2v) is 6.72. The van der Waals surface area contributed by atoms with Crippen molar-refractivity contribution in [2.45, 2.75) is 37.6 Å². The van der Waals surface area contributed by atoms with Gasteiger partial charge in [-0.3, -0.25) is 10.1 Å². The lowest BCUT2D eigenvalue weighted by Crippen LogP contribution is -2.26. The molecule has 0 saturated heterocycles. The van der Waals surface area contributed by atoms with Crippen molar-refractivity contribution in [1.82, 2.24) is 15.2 Å². The summed E-state index contributed by atoms with van der Waals surface area (Å²) in [7, 11) is 0. The number of halogens is 1. The van der Waals surface area contributed by atoms with E-state index in [1.807, 2.05) is 12.1 Å². The van der Waals surface area contributed by atoms with Gasteiger partial charge in [-0.25, -0.2) is 4.39 Å². The van der Waals surface area contributed by atoms with E-state index < -0.39 is 0 Å². The lowest BCUT2D eigenvalue weighted by atomic mass is 9.82. The molecule has 1 aromatic carbocycles. The van der Waals surface area contributed by atoms with Gasteiger partial charge in [-0.05, 0) is 67.6 Å². The molecular weight excluding hydrogens is 315 g/mol. The zero-order chi connectivity index (χ0) is 17.2. The molecule has 128 valence electrons. The van der Waals surface area contributed by atoms with Crippen LogP contribution < -0.4 is 5.73 Å². The lowest BCUT2D eigenvalue weighted by molar-refractivity contribution is 0.391. The molecular formula is C20H21FN4. The Hall–Kier alpha value is -2.53. The largest absolute Gasteiger partial charge is 0.328 e. The van der Waals surface area contributed by atoms with Crippen molar-refractivity contribution in [2.75, 3.05) is 0 Å². The Balaban J connectivity index is 1.81. The van der Waals surface area contributed by atoms with Crippen LogP contribution in [0.1, 0.15) is 37.3 Å². The fourth-order valence-electron chi connectivity index (χ4n) is 3.69. The molecule has 5 heteroatoms. The van der Waals surface area contributed by atoms with Crippen LogP contribution in [0.4, 0.5) is 4.39 Å². The molecule has 1 fully saturated rings. The van der Waals surface area contributed by atoms with Gasteiger partial charge in [0, 0.05) is 41.2 Å². The highest BCUT2D eigenvalue weighted by Gasteiger charge is 2.26. The highest BCUT2D eigenvalue weighted by Crippen LogP contribution is 2.41. The Morgan fingerprint density at radius 3 is 2.28 bits per heavy atom. The molecule has 1 aliphatic rings. The van der Waals surface area contributed by atoms with E-state index in [-0.39, 0.29) is 5.82 Å². The second kappa shape index (κ2) is 6.76. The highest BCUT2D eigenvalue weighted by atomic mass is 19.1. The third kappa shape index (κ3) is 3.20. The standard InChI is InChI=1S/C20H21FN4/c21-16-5-1-14(2-6-16)19-18(13-9-11-23-12-10-13)20(25-24-19)15-3-7-17(22)8-4-15/h1-2,5-6,9-12,15,17H,3-4,7-8,22H2,(H,24,25)/t15-,17+. The van der Waals surface area contributed by atoms with Crippen molar-refractivity contribution < 1.29 is 4.39 Å². The summed E-state index contributed by atoms with van der Waals surface area (Å²) < 4.78 is 13.3. The third-order valence-electron chi connectivity index (χ3n) is 5.06. The molecule has 3 N–H and O–H groups in total. The molecule has 4 rings (SSSR count). The lowest BCUT2D eigenvalue weighted by Gasteiger charge is -2.26. The maximum atomic E-state index is 13.3. The maximum Gasteiger partial charge on any atom is 0.123 e. The van der Waals surface area contributed by atoms with Gasteiger partial charge in [-0.1, -0.05) is 0 Å². The monoisotopic (exact) mass is 336 g/mol. The van der Waals surface area contributed by atoms with E-state index in [9.17, 15) is 4.39 Å². The van der Waals surface area contributed by atoms with Crippen LogP contribution in [0.2, 0.25) is 0 Å². The van der Waals surface area contributed by atoms with Crippen LogP contribution in [0, 0.1) is 5.82 Å². The first-order chi connectivity index (χ1) is 12.2. The topological polar surface area (TPSA) is 67.6 Å². The molecule has 0 aliphatic heterocycles.